The van der Waals surface area contributed by atoms with Gasteiger partial charge in [-0.25, -0.2) is 4.79 Å². The predicted molar refractivity (Wildman–Crippen MR) is 114 cm³/mol. The number of piperidine rings is 1. The number of likely N-dealkylation sites (N-methyl/N-ethyl adjacent to an activating group) is 1. The highest BCUT2D eigenvalue weighted by Gasteiger charge is 2.59. The first kappa shape index (κ1) is 19.8. The summed E-state index contributed by atoms with van der Waals surface area (Å²) in [4.78, 5) is 32.9. The van der Waals surface area contributed by atoms with Crippen LogP contribution >= 0.6 is 11.8 Å². The first-order chi connectivity index (χ1) is 13.5. The van der Waals surface area contributed by atoms with Crippen molar-refractivity contribution in [3.05, 3.63) is 35.4 Å². The minimum absolute atomic E-state index is 0.0285. The van der Waals surface area contributed by atoms with Crippen LogP contribution < -0.4 is 0 Å². The van der Waals surface area contributed by atoms with E-state index in [1.165, 1.54) is 11.1 Å². The molecule has 5 nitrogen and oxygen atoms in total. The number of benzene rings is 1. The molecule has 0 aromatic heterocycles. The first-order valence-corrected chi connectivity index (χ1v) is 11.9. The molecule has 2 saturated heterocycles. The van der Waals surface area contributed by atoms with Crippen molar-refractivity contribution >= 4 is 23.7 Å². The molecule has 6 heteroatoms. The highest BCUT2D eigenvalue weighted by atomic mass is 32.2. The van der Waals surface area contributed by atoms with Gasteiger partial charge in [0.2, 0.25) is 0 Å². The van der Waals surface area contributed by atoms with Crippen LogP contribution in [0, 0.1) is 0 Å². The van der Waals surface area contributed by atoms with Gasteiger partial charge in [0, 0.05) is 37.5 Å². The Kier molecular flexibility index (Phi) is 5.45. The molecular formula is C22H31N3O2S. The smallest absolute Gasteiger partial charge is 0.310 e. The van der Waals surface area contributed by atoms with Crippen LogP contribution in [0.5, 0.6) is 0 Å². The maximum absolute atomic E-state index is 13.6. The van der Waals surface area contributed by atoms with Crippen molar-refractivity contribution in [2.45, 2.75) is 57.2 Å². The second kappa shape index (κ2) is 7.71. The van der Waals surface area contributed by atoms with Gasteiger partial charge in [-0.05, 0) is 56.9 Å². The first-order valence-electron chi connectivity index (χ1n) is 10.5. The Morgan fingerprint density at radius 2 is 1.75 bits per heavy atom. The third-order valence-corrected chi connectivity index (χ3v) is 7.75. The van der Waals surface area contributed by atoms with Crippen LogP contribution in [0.4, 0.5) is 4.79 Å². The molecule has 2 heterocycles. The van der Waals surface area contributed by atoms with Crippen molar-refractivity contribution in [1.82, 2.24) is 14.7 Å². The average molecular weight is 402 g/mol. The van der Waals surface area contributed by atoms with Gasteiger partial charge in [0.15, 0.2) is 0 Å². The molecule has 0 saturated carbocycles. The van der Waals surface area contributed by atoms with Crippen molar-refractivity contribution < 1.29 is 9.59 Å². The third kappa shape index (κ3) is 3.05. The van der Waals surface area contributed by atoms with Gasteiger partial charge in [-0.1, -0.05) is 24.3 Å². The molecule has 0 N–H and O–H groups in total. The minimum Gasteiger partial charge on any atom is -0.310 e. The van der Waals surface area contributed by atoms with Crippen LogP contribution in [-0.4, -0.2) is 75.9 Å². The molecule has 4 rings (SSSR count). The molecular weight excluding hydrogens is 370 g/mol. The van der Waals surface area contributed by atoms with E-state index in [-0.39, 0.29) is 18.0 Å². The Morgan fingerprint density at radius 3 is 2.29 bits per heavy atom. The van der Waals surface area contributed by atoms with Crippen LogP contribution in [0.25, 0.3) is 0 Å². The third-order valence-electron chi connectivity index (χ3n) is 6.94. The number of fused-ring (bicyclic) bond motifs is 1. The van der Waals surface area contributed by atoms with E-state index >= 15 is 0 Å². The Balaban J connectivity index is 1.54. The lowest BCUT2D eigenvalue weighted by molar-refractivity contribution is -0.137. The summed E-state index contributed by atoms with van der Waals surface area (Å²) in [6, 6.07) is 8.74. The topological polar surface area (TPSA) is 43.9 Å². The Morgan fingerprint density at radius 1 is 1.14 bits per heavy atom. The lowest BCUT2D eigenvalue weighted by Gasteiger charge is -2.43. The highest BCUT2D eigenvalue weighted by molar-refractivity contribution is 7.98. The summed E-state index contributed by atoms with van der Waals surface area (Å²) < 4.78 is 0. The number of likely N-dealkylation sites (tertiary alicyclic amines) is 1. The normalized spacial score (nSPS) is 23.7. The summed E-state index contributed by atoms with van der Waals surface area (Å²) in [5.41, 5.74) is 1.92. The number of nitrogens with zero attached hydrogens (tertiary/aromatic N) is 3. The van der Waals surface area contributed by atoms with E-state index in [2.05, 4.69) is 30.2 Å². The maximum atomic E-state index is 13.6. The molecule has 1 aliphatic carbocycles. The van der Waals surface area contributed by atoms with Crippen LogP contribution in [-0.2, 0) is 17.6 Å². The van der Waals surface area contributed by atoms with E-state index < -0.39 is 5.54 Å². The van der Waals surface area contributed by atoms with E-state index in [1.54, 1.807) is 4.90 Å². The van der Waals surface area contributed by atoms with Gasteiger partial charge >= 0.3 is 6.03 Å². The van der Waals surface area contributed by atoms with Gasteiger partial charge in [-0.2, -0.15) is 11.8 Å². The number of amides is 3. The van der Waals surface area contributed by atoms with E-state index in [1.807, 2.05) is 35.7 Å². The highest BCUT2D eigenvalue weighted by Crippen LogP contribution is 2.40. The SMILES string of the molecule is CCN1C(=O)N(C2Cc3ccccc3C2)C(=O)C12CCN(C(C)CSC)CC2. The zero-order chi connectivity index (χ0) is 19.9. The fourth-order valence-corrected chi connectivity index (χ4v) is 6.08. The Bertz CT molecular complexity index is 735. The van der Waals surface area contributed by atoms with E-state index in [9.17, 15) is 9.59 Å². The molecule has 1 aromatic rings. The van der Waals surface area contributed by atoms with Gasteiger partial charge in [0.25, 0.3) is 5.91 Å². The molecule has 2 fully saturated rings. The molecule has 152 valence electrons. The van der Waals surface area contributed by atoms with E-state index in [4.69, 9.17) is 0 Å². The zero-order valence-corrected chi connectivity index (χ0v) is 18.0. The van der Waals surface area contributed by atoms with Gasteiger partial charge in [-0.3, -0.25) is 14.6 Å². The van der Waals surface area contributed by atoms with Crippen LogP contribution in [0.3, 0.4) is 0 Å². The number of carbonyl (C=O) groups excluding carboxylic acids is 2. The standard InChI is InChI=1S/C22H31N3O2S/c1-4-24-21(27)25(19-13-17-7-5-6-8-18(17)14-19)20(26)22(24)9-11-23(12-10-22)16(2)15-28-3/h5-8,16,19H,4,9-15H2,1-3H3. The van der Waals surface area contributed by atoms with Crippen molar-refractivity contribution in [2.24, 2.45) is 0 Å². The minimum atomic E-state index is -0.629. The molecule has 0 radical (unpaired) electrons. The van der Waals surface area contributed by atoms with Crippen molar-refractivity contribution in [2.75, 3.05) is 31.6 Å². The van der Waals surface area contributed by atoms with Crippen molar-refractivity contribution in [3.8, 4) is 0 Å². The van der Waals surface area contributed by atoms with Crippen molar-refractivity contribution in [3.63, 3.8) is 0 Å². The van der Waals surface area contributed by atoms with Gasteiger partial charge in [0.1, 0.15) is 5.54 Å². The largest absolute Gasteiger partial charge is 0.327 e. The summed E-state index contributed by atoms with van der Waals surface area (Å²) in [5.74, 6) is 1.15. The van der Waals surface area contributed by atoms with E-state index in [0.29, 0.717) is 12.6 Å². The van der Waals surface area contributed by atoms with Gasteiger partial charge in [0.05, 0.1) is 0 Å². The average Bonchev–Trinajstić information content (AvgIpc) is 3.20. The number of urea groups is 1. The van der Waals surface area contributed by atoms with Crippen LogP contribution in [0.1, 0.15) is 37.8 Å². The fraction of sp³-hybridized carbons (Fsp3) is 0.636. The lowest BCUT2D eigenvalue weighted by atomic mass is 9.85. The molecule has 1 spiro atoms. The number of hydrogen-bond acceptors (Lipinski definition) is 4. The molecule has 1 aromatic carbocycles. The summed E-state index contributed by atoms with van der Waals surface area (Å²) >= 11 is 1.86. The molecule has 3 aliphatic rings. The Hall–Kier alpha value is -1.53. The summed E-state index contributed by atoms with van der Waals surface area (Å²) in [7, 11) is 0. The number of hydrogen-bond donors (Lipinski definition) is 0. The summed E-state index contributed by atoms with van der Waals surface area (Å²) in [6.07, 6.45) is 5.22. The molecule has 1 atom stereocenters. The fourth-order valence-electron chi connectivity index (χ4n) is 5.38. The number of imide groups is 1. The zero-order valence-electron chi connectivity index (χ0n) is 17.2. The number of carbonyl (C=O) groups is 2. The predicted octanol–water partition coefficient (Wildman–Crippen LogP) is 3.02. The van der Waals surface area contributed by atoms with Crippen LogP contribution in [0.2, 0.25) is 0 Å². The van der Waals surface area contributed by atoms with Gasteiger partial charge < -0.3 is 4.90 Å². The molecule has 1 unspecified atom stereocenters. The van der Waals surface area contributed by atoms with Crippen molar-refractivity contribution in [1.29, 1.82) is 0 Å². The lowest BCUT2D eigenvalue weighted by Crippen LogP contribution is -2.58. The second-order valence-electron chi connectivity index (χ2n) is 8.40. The maximum Gasteiger partial charge on any atom is 0.327 e. The summed E-state index contributed by atoms with van der Waals surface area (Å²) in [6.45, 7) is 6.63. The quantitative estimate of drug-likeness (QED) is 0.712. The molecule has 3 amide bonds. The molecule has 0 bridgehead atoms. The molecule has 2 aliphatic heterocycles. The second-order valence-corrected chi connectivity index (χ2v) is 9.32. The van der Waals surface area contributed by atoms with Crippen LogP contribution in [0.15, 0.2) is 24.3 Å². The number of rotatable bonds is 5. The van der Waals surface area contributed by atoms with E-state index in [0.717, 1.165) is 44.5 Å². The summed E-state index contributed by atoms with van der Waals surface area (Å²) in [5, 5.41) is 0. The molecule has 28 heavy (non-hydrogen) atoms. The van der Waals surface area contributed by atoms with Gasteiger partial charge in [-0.15, -0.1) is 0 Å². The Labute approximate surface area is 172 Å². The monoisotopic (exact) mass is 401 g/mol. The number of thioether (sulfide) groups is 1.